The monoisotopic (exact) mass is 347 g/mol. The van der Waals surface area contributed by atoms with Crippen LogP contribution in [0.3, 0.4) is 0 Å². The molecule has 0 aliphatic carbocycles. The minimum absolute atomic E-state index is 0.235. The van der Waals surface area contributed by atoms with Gasteiger partial charge in [-0.1, -0.05) is 0 Å². The standard InChI is InChI=1S/C12H18BrN3O4/c1-19-5-3-16-11(17)10(13)9(6-15-16)14-7-12(18)2-4-20-8-12/h6,14,18H,2-5,7-8H2,1H3. The van der Waals surface area contributed by atoms with Crippen LogP contribution in [0.25, 0.3) is 0 Å². The molecule has 1 aliphatic rings. The number of anilines is 1. The van der Waals surface area contributed by atoms with E-state index in [1.165, 1.54) is 4.68 Å². The summed E-state index contributed by atoms with van der Waals surface area (Å²) in [5.74, 6) is 0. The summed E-state index contributed by atoms with van der Waals surface area (Å²) in [5.41, 5.74) is -0.560. The summed E-state index contributed by atoms with van der Waals surface area (Å²) in [6.45, 7) is 1.98. The molecule has 1 saturated heterocycles. The maximum absolute atomic E-state index is 12.0. The van der Waals surface area contributed by atoms with Crippen molar-refractivity contribution in [2.75, 3.05) is 38.8 Å². The van der Waals surface area contributed by atoms with Gasteiger partial charge in [-0.05, 0) is 15.9 Å². The van der Waals surface area contributed by atoms with Crippen LogP contribution >= 0.6 is 15.9 Å². The third-order valence-electron chi connectivity index (χ3n) is 3.18. The molecular formula is C12H18BrN3O4. The highest BCUT2D eigenvalue weighted by Gasteiger charge is 2.32. The highest BCUT2D eigenvalue weighted by molar-refractivity contribution is 9.10. The maximum atomic E-state index is 12.0. The normalized spacial score (nSPS) is 22.1. The van der Waals surface area contributed by atoms with Crippen LogP contribution in [0, 0.1) is 0 Å². The lowest BCUT2D eigenvalue weighted by atomic mass is 10.0. The number of nitrogens with zero attached hydrogens (tertiary/aromatic N) is 2. The molecule has 0 bridgehead atoms. The fourth-order valence-corrected chi connectivity index (χ4v) is 2.37. The maximum Gasteiger partial charge on any atom is 0.283 e. The minimum atomic E-state index is -0.885. The highest BCUT2D eigenvalue weighted by atomic mass is 79.9. The minimum Gasteiger partial charge on any atom is -0.386 e. The molecule has 112 valence electrons. The molecule has 1 fully saturated rings. The molecule has 2 rings (SSSR count). The van der Waals surface area contributed by atoms with Gasteiger partial charge in [0.1, 0.15) is 10.1 Å². The Balaban J connectivity index is 2.05. The summed E-state index contributed by atoms with van der Waals surface area (Å²) in [5, 5.41) is 17.3. The number of ether oxygens (including phenoxy) is 2. The first-order valence-corrected chi connectivity index (χ1v) is 7.13. The fourth-order valence-electron chi connectivity index (χ4n) is 1.92. The summed E-state index contributed by atoms with van der Waals surface area (Å²) in [6.07, 6.45) is 2.14. The van der Waals surface area contributed by atoms with Gasteiger partial charge in [0.2, 0.25) is 0 Å². The molecule has 1 aromatic rings. The Morgan fingerprint density at radius 3 is 3.15 bits per heavy atom. The smallest absolute Gasteiger partial charge is 0.283 e. The third-order valence-corrected chi connectivity index (χ3v) is 3.95. The van der Waals surface area contributed by atoms with Crippen molar-refractivity contribution in [2.45, 2.75) is 18.6 Å². The van der Waals surface area contributed by atoms with Crippen molar-refractivity contribution in [3.63, 3.8) is 0 Å². The topological polar surface area (TPSA) is 85.6 Å². The number of aliphatic hydroxyl groups is 1. The molecule has 0 aromatic carbocycles. The summed E-state index contributed by atoms with van der Waals surface area (Å²) in [4.78, 5) is 12.0. The Hall–Kier alpha value is -0.960. The van der Waals surface area contributed by atoms with Crippen molar-refractivity contribution in [1.82, 2.24) is 9.78 Å². The van der Waals surface area contributed by atoms with Crippen molar-refractivity contribution in [3.8, 4) is 0 Å². The lowest BCUT2D eigenvalue weighted by molar-refractivity contribution is 0.0382. The van der Waals surface area contributed by atoms with Crippen molar-refractivity contribution < 1.29 is 14.6 Å². The predicted molar refractivity (Wildman–Crippen MR) is 76.9 cm³/mol. The zero-order chi connectivity index (χ0) is 14.6. The predicted octanol–water partition coefficient (Wildman–Crippen LogP) is 0.215. The first-order chi connectivity index (χ1) is 9.56. The highest BCUT2D eigenvalue weighted by Crippen LogP contribution is 2.21. The van der Waals surface area contributed by atoms with Crippen LogP contribution < -0.4 is 10.9 Å². The largest absolute Gasteiger partial charge is 0.386 e. The molecule has 1 aromatic heterocycles. The summed E-state index contributed by atoms with van der Waals surface area (Å²) in [6, 6.07) is 0. The average Bonchev–Trinajstić information content (AvgIpc) is 2.87. The van der Waals surface area contributed by atoms with Gasteiger partial charge >= 0.3 is 0 Å². The molecule has 0 amide bonds. The zero-order valence-electron chi connectivity index (χ0n) is 11.3. The van der Waals surface area contributed by atoms with Crippen molar-refractivity contribution in [2.24, 2.45) is 0 Å². The molecule has 1 atom stereocenters. The van der Waals surface area contributed by atoms with E-state index < -0.39 is 5.60 Å². The van der Waals surface area contributed by atoms with E-state index in [9.17, 15) is 9.90 Å². The Labute approximate surface area is 125 Å². The summed E-state index contributed by atoms with van der Waals surface area (Å²) >= 11 is 3.26. The van der Waals surface area contributed by atoms with Gasteiger partial charge in [0.25, 0.3) is 5.56 Å². The van der Waals surface area contributed by atoms with E-state index in [2.05, 4.69) is 26.3 Å². The Morgan fingerprint density at radius 1 is 1.70 bits per heavy atom. The lowest BCUT2D eigenvalue weighted by Crippen LogP contribution is -2.38. The Morgan fingerprint density at radius 2 is 2.50 bits per heavy atom. The second-order valence-corrected chi connectivity index (χ2v) is 5.57. The van der Waals surface area contributed by atoms with Gasteiger partial charge in [-0.2, -0.15) is 5.10 Å². The first-order valence-electron chi connectivity index (χ1n) is 6.34. The molecule has 7 nitrogen and oxygen atoms in total. The van der Waals surface area contributed by atoms with E-state index in [0.717, 1.165) is 0 Å². The van der Waals surface area contributed by atoms with E-state index >= 15 is 0 Å². The average molecular weight is 348 g/mol. The van der Waals surface area contributed by atoms with E-state index in [1.54, 1.807) is 13.3 Å². The van der Waals surface area contributed by atoms with Crippen LogP contribution in [0.2, 0.25) is 0 Å². The second-order valence-electron chi connectivity index (χ2n) is 4.77. The number of halogens is 1. The molecule has 1 unspecified atom stereocenters. The quantitative estimate of drug-likeness (QED) is 0.765. The number of aromatic nitrogens is 2. The number of nitrogens with one attached hydrogen (secondary N) is 1. The summed E-state index contributed by atoms with van der Waals surface area (Å²) in [7, 11) is 1.57. The van der Waals surface area contributed by atoms with Crippen LogP contribution in [-0.2, 0) is 16.0 Å². The van der Waals surface area contributed by atoms with Crippen LogP contribution in [0.15, 0.2) is 15.5 Å². The number of hydrogen-bond acceptors (Lipinski definition) is 6. The van der Waals surface area contributed by atoms with Crippen molar-refractivity contribution in [3.05, 3.63) is 21.0 Å². The Kier molecular flexibility index (Phi) is 5.14. The van der Waals surface area contributed by atoms with Crippen LogP contribution in [0.4, 0.5) is 5.69 Å². The molecule has 0 spiro atoms. The number of hydrogen-bond donors (Lipinski definition) is 2. The van der Waals surface area contributed by atoms with Gasteiger partial charge in [-0.3, -0.25) is 4.79 Å². The first kappa shape index (κ1) is 15.4. The van der Waals surface area contributed by atoms with Crippen molar-refractivity contribution in [1.29, 1.82) is 0 Å². The molecule has 20 heavy (non-hydrogen) atoms. The van der Waals surface area contributed by atoms with Gasteiger partial charge in [0.05, 0.1) is 31.6 Å². The van der Waals surface area contributed by atoms with Gasteiger partial charge in [0, 0.05) is 26.7 Å². The van der Waals surface area contributed by atoms with Gasteiger partial charge in [0.15, 0.2) is 0 Å². The number of methoxy groups -OCH3 is 1. The molecule has 2 heterocycles. The van der Waals surface area contributed by atoms with E-state index in [1.807, 2.05) is 0 Å². The number of rotatable bonds is 6. The van der Waals surface area contributed by atoms with Crippen LogP contribution in [0.5, 0.6) is 0 Å². The van der Waals surface area contributed by atoms with Crippen LogP contribution in [0.1, 0.15) is 6.42 Å². The Bertz CT molecular complexity index is 514. The van der Waals surface area contributed by atoms with Crippen LogP contribution in [-0.4, -0.2) is 54.0 Å². The van der Waals surface area contributed by atoms with Gasteiger partial charge in [-0.15, -0.1) is 0 Å². The lowest BCUT2D eigenvalue weighted by Gasteiger charge is -2.21. The van der Waals surface area contributed by atoms with E-state index in [-0.39, 0.29) is 5.56 Å². The van der Waals surface area contributed by atoms with Gasteiger partial charge in [-0.25, -0.2) is 4.68 Å². The second kappa shape index (κ2) is 6.66. The molecule has 0 saturated carbocycles. The fraction of sp³-hybridized carbons (Fsp3) is 0.667. The van der Waals surface area contributed by atoms with E-state index in [4.69, 9.17) is 9.47 Å². The molecule has 0 radical (unpaired) electrons. The molecule has 1 aliphatic heterocycles. The molecule has 2 N–H and O–H groups in total. The van der Waals surface area contributed by atoms with E-state index in [0.29, 0.717) is 49.5 Å². The third kappa shape index (κ3) is 3.57. The van der Waals surface area contributed by atoms with Gasteiger partial charge < -0.3 is 19.9 Å². The molecule has 8 heteroatoms. The summed E-state index contributed by atoms with van der Waals surface area (Å²) < 4.78 is 11.8. The molecular weight excluding hydrogens is 330 g/mol. The van der Waals surface area contributed by atoms with Crippen molar-refractivity contribution >= 4 is 21.6 Å². The zero-order valence-corrected chi connectivity index (χ0v) is 12.9. The SMILES string of the molecule is COCCn1ncc(NCC2(O)CCOC2)c(Br)c1=O.